The van der Waals surface area contributed by atoms with Crippen molar-refractivity contribution in [2.75, 3.05) is 20.2 Å². The summed E-state index contributed by atoms with van der Waals surface area (Å²) in [5.74, 6) is -0.514. The monoisotopic (exact) mass is 200 g/mol. The molecular formula is C9H16N2O3. The van der Waals surface area contributed by atoms with E-state index in [1.807, 2.05) is 6.92 Å². The number of ether oxygens (including phenoxy) is 1. The molecule has 0 radical (unpaired) electrons. The van der Waals surface area contributed by atoms with Crippen LogP contribution < -0.4 is 5.73 Å². The van der Waals surface area contributed by atoms with Gasteiger partial charge in [-0.2, -0.15) is 0 Å². The molecule has 2 unspecified atom stereocenters. The Hall–Kier alpha value is -1.10. The van der Waals surface area contributed by atoms with Crippen LogP contribution in [0.15, 0.2) is 0 Å². The Labute approximate surface area is 83.2 Å². The van der Waals surface area contributed by atoms with Crippen LogP contribution in [0.1, 0.15) is 13.3 Å². The quantitative estimate of drug-likeness (QED) is 0.612. The minimum Gasteiger partial charge on any atom is -0.468 e. The zero-order chi connectivity index (χ0) is 10.7. The van der Waals surface area contributed by atoms with E-state index >= 15 is 0 Å². The number of likely N-dealkylation sites (N-methyl/N-ethyl adjacent to an activating group) is 1. The van der Waals surface area contributed by atoms with Gasteiger partial charge < -0.3 is 15.4 Å². The van der Waals surface area contributed by atoms with Gasteiger partial charge in [0.1, 0.15) is 6.54 Å². The van der Waals surface area contributed by atoms with Gasteiger partial charge in [0.25, 0.3) is 0 Å². The van der Waals surface area contributed by atoms with Gasteiger partial charge in [0.2, 0.25) is 5.91 Å². The molecule has 0 saturated heterocycles. The number of amides is 1. The fourth-order valence-electron chi connectivity index (χ4n) is 1.30. The van der Waals surface area contributed by atoms with Crippen molar-refractivity contribution >= 4 is 11.9 Å². The molecule has 0 spiro atoms. The average molecular weight is 200 g/mol. The number of carbonyl (C=O) groups is 2. The Morgan fingerprint density at radius 2 is 2.14 bits per heavy atom. The zero-order valence-electron chi connectivity index (χ0n) is 8.53. The smallest absolute Gasteiger partial charge is 0.325 e. The molecule has 0 bridgehead atoms. The van der Waals surface area contributed by atoms with Crippen molar-refractivity contribution in [2.45, 2.75) is 19.4 Å². The van der Waals surface area contributed by atoms with E-state index in [1.165, 1.54) is 12.0 Å². The fraction of sp³-hybridized carbons (Fsp3) is 0.778. The molecule has 14 heavy (non-hydrogen) atoms. The van der Waals surface area contributed by atoms with Crippen molar-refractivity contribution < 1.29 is 14.3 Å². The van der Waals surface area contributed by atoms with Crippen LogP contribution in [-0.4, -0.2) is 43.0 Å². The van der Waals surface area contributed by atoms with E-state index in [0.29, 0.717) is 6.54 Å². The highest BCUT2D eigenvalue weighted by Crippen LogP contribution is 2.29. The average Bonchev–Trinajstić information content (AvgIpc) is 2.90. The van der Waals surface area contributed by atoms with Crippen molar-refractivity contribution in [1.29, 1.82) is 0 Å². The molecular weight excluding hydrogens is 184 g/mol. The topological polar surface area (TPSA) is 72.6 Å². The van der Waals surface area contributed by atoms with Crippen molar-refractivity contribution in [2.24, 2.45) is 11.7 Å². The summed E-state index contributed by atoms with van der Waals surface area (Å²) in [6, 6.07) is -0.0193. The number of esters is 1. The second-order valence-electron chi connectivity index (χ2n) is 3.43. The first kappa shape index (κ1) is 11.0. The maximum atomic E-state index is 11.6. The molecule has 1 amide bonds. The summed E-state index contributed by atoms with van der Waals surface area (Å²) in [4.78, 5) is 24.1. The van der Waals surface area contributed by atoms with E-state index in [9.17, 15) is 9.59 Å². The van der Waals surface area contributed by atoms with Gasteiger partial charge in [-0.1, -0.05) is 0 Å². The zero-order valence-corrected chi connectivity index (χ0v) is 8.53. The second-order valence-corrected chi connectivity index (χ2v) is 3.43. The van der Waals surface area contributed by atoms with Crippen LogP contribution in [0.2, 0.25) is 0 Å². The predicted molar refractivity (Wildman–Crippen MR) is 50.4 cm³/mol. The SMILES string of the molecule is CCN(CC(=O)OC)C(=O)C1CC1N. The van der Waals surface area contributed by atoms with Gasteiger partial charge in [0, 0.05) is 12.6 Å². The van der Waals surface area contributed by atoms with Gasteiger partial charge in [-0.15, -0.1) is 0 Å². The normalized spacial score (nSPS) is 24.2. The van der Waals surface area contributed by atoms with Crippen LogP contribution in [0.4, 0.5) is 0 Å². The molecule has 1 fully saturated rings. The van der Waals surface area contributed by atoms with E-state index in [-0.39, 0.29) is 24.4 Å². The first-order valence-electron chi connectivity index (χ1n) is 4.71. The number of carbonyl (C=O) groups excluding carboxylic acids is 2. The number of rotatable bonds is 4. The summed E-state index contributed by atoms with van der Waals surface area (Å²) >= 11 is 0. The summed E-state index contributed by atoms with van der Waals surface area (Å²) in [5, 5.41) is 0. The predicted octanol–water partition coefficient (Wildman–Crippen LogP) is -0.645. The largest absolute Gasteiger partial charge is 0.468 e. The molecule has 0 aliphatic heterocycles. The van der Waals surface area contributed by atoms with Gasteiger partial charge in [-0.25, -0.2) is 0 Å². The lowest BCUT2D eigenvalue weighted by Crippen LogP contribution is -2.38. The number of hydrogen-bond acceptors (Lipinski definition) is 4. The standard InChI is InChI=1S/C9H16N2O3/c1-3-11(5-8(12)14-2)9(13)6-4-7(6)10/h6-7H,3-5,10H2,1-2H3. The van der Waals surface area contributed by atoms with Gasteiger partial charge in [-0.05, 0) is 13.3 Å². The number of hydrogen-bond donors (Lipinski definition) is 1. The molecule has 0 aromatic carbocycles. The lowest BCUT2D eigenvalue weighted by atomic mass is 10.3. The van der Waals surface area contributed by atoms with Gasteiger partial charge in [0.15, 0.2) is 0 Å². The minimum atomic E-state index is -0.394. The highest BCUT2D eigenvalue weighted by atomic mass is 16.5. The molecule has 5 nitrogen and oxygen atoms in total. The Balaban J connectivity index is 2.45. The number of nitrogens with zero attached hydrogens (tertiary/aromatic N) is 1. The van der Waals surface area contributed by atoms with E-state index in [4.69, 9.17) is 5.73 Å². The maximum absolute atomic E-state index is 11.6. The van der Waals surface area contributed by atoms with E-state index < -0.39 is 5.97 Å². The van der Waals surface area contributed by atoms with Gasteiger partial charge in [-0.3, -0.25) is 9.59 Å². The van der Waals surface area contributed by atoms with Crippen molar-refractivity contribution in [1.82, 2.24) is 4.90 Å². The van der Waals surface area contributed by atoms with Gasteiger partial charge in [0.05, 0.1) is 13.0 Å². The molecule has 1 rings (SSSR count). The van der Waals surface area contributed by atoms with E-state index in [0.717, 1.165) is 6.42 Å². The van der Waals surface area contributed by atoms with Gasteiger partial charge >= 0.3 is 5.97 Å². The maximum Gasteiger partial charge on any atom is 0.325 e. The van der Waals surface area contributed by atoms with Crippen molar-refractivity contribution in [3.8, 4) is 0 Å². The highest BCUT2D eigenvalue weighted by molar-refractivity contribution is 5.86. The molecule has 1 aliphatic carbocycles. The van der Waals surface area contributed by atoms with Crippen LogP contribution in [0.5, 0.6) is 0 Å². The van der Waals surface area contributed by atoms with Crippen molar-refractivity contribution in [3.05, 3.63) is 0 Å². The lowest BCUT2D eigenvalue weighted by molar-refractivity contribution is -0.147. The minimum absolute atomic E-state index is 0.0193. The van der Waals surface area contributed by atoms with Crippen LogP contribution in [0.25, 0.3) is 0 Å². The van der Waals surface area contributed by atoms with Crippen LogP contribution >= 0.6 is 0 Å². The first-order chi connectivity index (χ1) is 6.60. The summed E-state index contributed by atoms with van der Waals surface area (Å²) in [5.41, 5.74) is 5.56. The second kappa shape index (κ2) is 4.41. The van der Waals surface area contributed by atoms with E-state index in [1.54, 1.807) is 0 Å². The summed E-state index contributed by atoms with van der Waals surface area (Å²) in [6.07, 6.45) is 0.733. The molecule has 5 heteroatoms. The highest BCUT2D eigenvalue weighted by Gasteiger charge is 2.42. The molecule has 80 valence electrons. The van der Waals surface area contributed by atoms with E-state index in [2.05, 4.69) is 4.74 Å². The summed E-state index contributed by atoms with van der Waals surface area (Å²) in [7, 11) is 1.31. The summed E-state index contributed by atoms with van der Waals surface area (Å²) in [6.45, 7) is 2.36. The number of methoxy groups -OCH3 is 1. The molecule has 2 N–H and O–H groups in total. The van der Waals surface area contributed by atoms with Crippen LogP contribution in [-0.2, 0) is 14.3 Å². The van der Waals surface area contributed by atoms with Crippen LogP contribution in [0, 0.1) is 5.92 Å². The molecule has 1 aliphatic rings. The third-order valence-electron chi connectivity index (χ3n) is 2.40. The Bertz CT molecular complexity index is 242. The lowest BCUT2D eigenvalue weighted by Gasteiger charge is -2.19. The third-order valence-corrected chi connectivity index (χ3v) is 2.40. The molecule has 0 aromatic rings. The Morgan fingerprint density at radius 3 is 2.50 bits per heavy atom. The van der Waals surface area contributed by atoms with Crippen molar-refractivity contribution in [3.63, 3.8) is 0 Å². The first-order valence-corrected chi connectivity index (χ1v) is 4.71. The molecule has 0 heterocycles. The third kappa shape index (κ3) is 2.45. The summed E-state index contributed by atoms with van der Waals surface area (Å²) < 4.78 is 4.50. The Kier molecular flexibility index (Phi) is 3.46. The molecule has 2 atom stereocenters. The molecule has 1 saturated carbocycles. The van der Waals surface area contributed by atoms with Crippen LogP contribution in [0.3, 0.4) is 0 Å². The Morgan fingerprint density at radius 1 is 1.57 bits per heavy atom. The molecule has 0 aromatic heterocycles. The fourth-order valence-corrected chi connectivity index (χ4v) is 1.30. The number of nitrogens with two attached hydrogens (primary N) is 1.